The Labute approximate surface area is 134 Å². The minimum Gasteiger partial charge on any atom is -0.460 e. The first kappa shape index (κ1) is 12.7. The van der Waals surface area contributed by atoms with E-state index in [1.165, 1.54) is 27.3 Å². The lowest BCUT2D eigenvalue weighted by Crippen LogP contribution is -2.03. The summed E-state index contributed by atoms with van der Waals surface area (Å²) < 4.78 is 6.31. The molecule has 0 radical (unpaired) electrons. The zero-order valence-corrected chi connectivity index (χ0v) is 12.7. The quantitative estimate of drug-likeness (QED) is 0.411. The number of allylic oxidation sites excluding steroid dienone is 1. The topological polar surface area (TPSA) is 13.1 Å². The van der Waals surface area contributed by atoms with Crippen LogP contribution in [0.25, 0.3) is 27.8 Å². The highest BCUT2D eigenvalue weighted by atomic mass is 16.3. The molecular formula is C22H16O. The van der Waals surface area contributed by atoms with Crippen molar-refractivity contribution in [3.63, 3.8) is 0 Å². The molecule has 4 aromatic rings. The van der Waals surface area contributed by atoms with Crippen LogP contribution in [0.2, 0.25) is 0 Å². The minimum atomic E-state index is 0.312. The molecule has 1 heterocycles. The fourth-order valence-electron chi connectivity index (χ4n) is 3.65. The Bertz CT molecular complexity index is 1040. The van der Waals surface area contributed by atoms with Crippen LogP contribution in [-0.2, 0) is 0 Å². The molecule has 0 saturated heterocycles. The average Bonchev–Trinajstić information content (AvgIpc) is 2.98. The summed E-state index contributed by atoms with van der Waals surface area (Å²) in [5.41, 5.74) is 3.55. The molecule has 0 bridgehead atoms. The van der Waals surface area contributed by atoms with E-state index in [0.717, 1.165) is 17.8 Å². The van der Waals surface area contributed by atoms with Gasteiger partial charge in [-0.15, -0.1) is 0 Å². The van der Waals surface area contributed by atoms with Gasteiger partial charge < -0.3 is 4.42 Å². The van der Waals surface area contributed by atoms with E-state index in [2.05, 4.69) is 78.9 Å². The van der Waals surface area contributed by atoms with Crippen molar-refractivity contribution in [2.45, 2.75) is 12.3 Å². The third-order valence-electron chi connectivity index (χ3n) is 4.80. The van der Waals surface area contributed by atoms with E-state index in [1.54, 1.807) is 0 Å². The first-order chi connectivity index (χ1) is 11.4. The lowest BCUT2D eigenvalue weighted by atomic mass is 9.87. The Morgan fingerprint density at radius 1 is 0.826 bits per heavy atom. The van der Waals surface area contributed by atoms with Gasteiger partial charge in [0.1, 0.15) is 11.3 Å². The molecule has 0 aliphatic heterocycles. The van der Waals surface area contributed by atoms with Gasteiger partial charge in [0, 0.05) is 16.9 Å². The molecule has 1 aliphatic carbocycles. The minimum absolute atomic E-state index is 0.312. The van der Waals surface area contributed by atoms with Crippen LogP contribution in [0, 0.1) is 0 Å². The van der Waals surface area contributed by atoms with Gasteiger partial charge in [0.25, 0.3) is 0 Å². The van der Waals surface area contributed by atoms with E-state index in [0.29, 0.717) is 5.92 Å². The van der Waals surface area contributed by atoms with Crippen molar-refractivity contribution in [1.82, 2.24) is 0 Å². The maximum atomic E-state index is 6.31. The van der Waals surface area contributed by atoms with Gasteiger partial charge in [-0.05, 0) is 34.9 Å². The molecule has 1 heteroatoms. The Morgan fingerprint density at radius 3 is 2.39 bits per heavy atom. The summed E-state index contributed by atoms with van der Waals surface area (Å²) >= 11 is 0. The van der Waals surface area contributed by atoms with Crippen molar-refractivity contribution < 1.29 is 4.42 Å². The van der Waals surface area contributed by atoms with Gasteiger partial charge in [-0.1, -0.05) is 66.7 Å². The number of rotatable bonds is 1. The maximum Gasteiger partial charge on any atom is 0.135 e. The Balaban J connectivity index is 1.78. The normalized spacial score (nSPS) is 16.8. The molecular weight excluding hydrogens is 280 g/mol. The summed E-state index contributed by atoms with van der Waals surface area (Å²) in [4.78, 5) is 0. The lowest BCUT2D eigenvalue weighted by Gasteiger charge is -2.17. The summed E-state index contributed by atoms with van der Waals surface area (Å²) in [6.45, 7) is 0. The van der Waals surface area contributed by atoms with Gasteiger partial charge in [-0.2, -0.15) is 0 Å². The number of hydrogen-bond acceptors (Lipinski definition) is 1. The lowest BCUT2D eigenvalue weighted by molar-refractivity contribution is 0.517. The van der Waals surface area contributed by atoms with E-state index in [4.69, 9.17) is 4.42 Å². The second-order valence-electron chi connectivity index (χ2n) is 6.18. The van der Waals surface area contributed by atoms with Crippen molar-refractivity contribution in [2.24, 2.45) is 0 Å². The van der Waals surface area contributed by atoms with Crippen LogP contribution >= 0.6 is 0 Å². The summed E-state index contributed by atoms with van der Waals surface area (Å²) in [6.07, 6.45) is 5.48. The largest absolute Gasteiger partial charge is 0.460 e. The van der Waals surface area contributed by atoms with E-state index < -0.39 is 0 Å². The fraction of sp³-hybridized carbons (Fsp3) is 0.0909. The van der Waals surface area contributed by atoms with Crippen molar-refractivity contribution in [3.05, 3.63) is 89.7 Å². The molecule has 5 rings (SSSR count). The second kappa shape index (κ2) is 4.85. The number of hydrogen-bond donors (Lipinski definition) is 0. The summed E-state index contributed by atoms with van der Waals surface area (Å²) in [5.74, 6) is 1.41. The molecule has 0 N–H and O–H groups in total. The molecule has 23 heavy (non-hydrogen) atoms. The summed E-state index contributed by atoms with van der Waals surface area (Å²) in [7, 11) is 0. The van der Waals surface area contributed by atoms with E-state index in [-0.39, 0.29) is 0 Å². The summed E-state index contributed by atoms with van der Waals surface area (Å²) in [6, 6.07) is 23.5. The molecule has 0 saturated carbocycles. The van der Waals surface area contributed by atoms with Crippen LogP contribution in [0.4, 0.5) is 0 Å². The van der Waals surface area contributed by atoms with Crippen LogP contribution < -0.4 is 0 Å². The van der Waals surface area contributed by atoms with Crippen LogP contribution in [0.5, 0.6) is 0 Å². The predicted octanol–water partition coefficient (Wildman–Crippen LogP) is 6.13. The van der Waals surface area contributed by atoms with Gasteiger partial charge in [-0.3, -0.25) is 0 Å². The number of furan rings is 1. The predicted molar refractivity (Wildman–Crippen MR) is 95.7 cm³/mol. The standard InChI is InChI=1S/C22H16O/c1-2-7-15(8-3-1)18-11-6-12-19-20-13-16-9-4-5-10-17(16)14-21(20)23-22(18)19/h1-10,12-14,18H,11H2. The number of fused-ring (bicyclic) bond motifs is 4. The third kappa shape index (κ3) is 1.93. The first-order valence-corrected chi connectivity index (χ1v) is 8.07. The third-order valence-corrected chi connectivity index (χ3v) is 4.80. The zero-order chi connectivity index (χ0) is 15.2. The molecule has 110 valence electrons. The Hall–Kier alpha value is -2.80. The van der Waals surface area contributed by atoms with Gasteiger partial charge in [0.15, 0.2) is 0 Å². The average molecular weight is 296 g/mol. The van der Waals surface area contributed by atoms with E-state index in [1.807, 2.05) is 0 Å². The maximum absolute atomic E-state index is 6.31. The molecule has 0 amide bonds. The van der Waals surface area contributed by atoms with Crippen molar-refractivity contribution in [3.8, 4) is 0 Å². The number of benzene rings is 3. The zero-order valence-electron chi connectivity index (χ0n) is 12.7. The second-order valence-corrected chi connectivity index (χ2v) is 6.18. The van der Waals surface area contributed by atoms with Crippen LogP contribution in [0.3, 0.4) is 0 Å². The van der Waals surface area contributed by atoms with Gasteiger partial charge in [0.05, 0.1) is 0 Å². The highest BCUT2D eigenvalue weighted by molar-refractivity contribution is 6.00. The molecule has 1 aromatic heterocycles. The molecule has 1 aliphatic rings. The highest BCUT2D eigenvalue weighted by Crippen LogP contribution is 2.41. The van der Waals surface area contributed by atoms with Crippen LogP contribution in [0.1, 0.15) is 29.2 Å². The van der Waals surface area contributed by atoms with Crippen LogP contribution in [0.15, 0.2) is 77.2 Å². The van der Waals surface area contributed by atoms with Crippen molar-refractivity contribution >= 4 is 27.8 Å². The molecule has 1 nitrogen and oxygen atoms in total. The van der Waals surface area contributed by atoms with Crippen molar-refractivity contribution in [1.29, 1.82) is 0 Å². The Morgan fingerprint density at radius 2 is 1.57 bits per heavy atom. The van der Waals surface area contributed by atoms with E-state index in [9.17, 15) is 0 Å². The molecule has 0 fully saturated rings. The highest BCUT2D eigenvalue weighted by Gasteiger charge is 2.25. The van der Waals surface area contributed by atoms with Gasteiger partial charge in [0.2, 0.25) is 0 Å². The molecule has 1 unspecified atom stereocenters. The van der Waals surface area contributed by atoms with Gasteiger partial charge in [-0.25, -0.2) is 0 Å². The fourth-order valence-corrected chi connectivity index (χ4v) is 3.65. The monoisotopic (exact) mass is 296 g/mol. The SMILES string of the molecule is C1=Cc2c(oc3cc4ccccc4cc23)C(c2ccccc2)C1. The Kier molecular flexibility index (Phi) is 2.68. The molecule has 0 spiro atoms. The summed E-state index contributed by atoms with van der Waals surface area (Å²) in [5, 5.41) is 3.71. The van der Waals surface area contributed by atoms with Crippen molar-refractivity contribution in [2.75, 3.05) is 0 Å². The first-order valence-electron chi connectivity index (χ1n) is 8.07. The smallest absolute Gasteiger partial charge is 0.135 e. The molecule has 1 atom stereocenters. The molecule has 3 aromatic carbocycles. The van der Waals surface area contributed by atoms with Gasteiger partial charge >= 0.3 is 0 Å². The van der Waals surface area contributed by atoms with Crippen LogP contribution in [-0.4, -0.2) is 0 Å². The van der Waals surface area contributed by atoms with E-state index >= 15 is 0 Å².